The highest BCUT2D eigenvalue weighted by molar-refractivity contribution is 8.00. The molecule has 8 N–H and O–H groups in total. The number of hydrogen-bond donors (Lipinski definition) is 6. The van der Waals surface area contributed by atoms with Gasteiger partial charge in [0.2, 0.25) is 11.1 Å². The van der Waals surface area contributed by atoms with Gasteiger partial charge < -0.3 is 41.7 Å². The van der Waals surface area contributed by atoms with Crippen molar-refractivity contribution in [2.45, 2.75) is 62.8 Å². The molecule has 57 heavy (non-hydrogen) atoms. The molecule has 3 aliphatic rings. The maximum Gasteiger partial charge on any atom is 0.352 e. The summed E-state index contributed by atoms with van der Waals surface area (Å²) in [6.45, 7) is 5.09. The molecule has 2 fully saturated rings. The minimum atomic E-state index is -1.83. The zero-order valence-corrected chi connectivity index (χ0v) is 33.2. The fraction of sp³-hybridized carbons (Fsp3) is 0.351. The standard InChI is InChI=1S/C37H39ClN10O7S2/c1-37(2,35(53)54)55-45-26(25-29(38)57-36(40)44-25)31(49)43-27-32(50)48-28(34(51)52)21(18-56-33(27)48)17-46-13-4-6-23-24(46)11-14-47(23)16-19-7-9-20(10-8-19)30(39)42-22-5-3-12-41-15-22/h4,6-11,13-14,22,27,33,41H,3,5,12,15-18H2,1-2H3,(H6-,39,40,42,43,44,49,51,52,53,54)/p+1/b45-26-/t22?,27-,33-/m1/s1. The number of anilines is 1. The Bertz CT molecular complexity index is 2350. The lowest BCUT2D eigenvalue weighted by Crippen LogP contribution is -2.71. The number of amidine groups is 1. The minimum absolute atomic E-state index is 0.0106. The van der Waals surface area contributed by atoms with Gasteiger partial charge in [0, 0.05) is 48.3 Å². The van der Waals surface area contributed by atoms with E-state index in [9.17, 15) is 29.4 Å². The number of piperidine rings is 1. The quantitative estimate of drug-likeness (QED) is 0.0373. The molecule has 3 aliphatic heterocycles. The minimum Gasteiger partial charge on any atom is -0.478 e. The number of halogens is 1. The average molecular weight is 836 g/mol. The van der Waals surface area contributed by atoms with Crippen LogP contribution in [0.4, 0.5) is 5.13 Å². The molecule has 0 bridgehead atoms. The molecule has 0 saturated carbocycles. The third-order valence-electron chi connectivity index (χ3n) is 9.83. The number of aliphatic carboxylic acids is 2. The molecule has 2 amide bonds. The molecule has 17 nitrogen and oxygen atoms in total. The molecular weight excluding hydrogens is 796 g/mol. The highest BCUT2D eigenvalue weighted by atomic mass is 35.5. The number of nitrogens with zero attached hydrogens (tertiary/aromatic N) is 6. The zero-order valence-electron chi connectivity index (χ0n) is 30.8. The summed E-state index contributed by atoms with van der Waals surface area (Å²) in [5, 5.41) is 28.8. The van der Waals surface area contributed by atoms with Gasteiger partial charge in [-0.25, -0.2) is 14.6 Å². The highest BCUT2D eigenvalue weighted by Crippen LogP contribution is 2.40. The number of carbonyl (C=O) groups is 4. The van der Waals surface area contributed by atoms with E-state index in [-0.39, 0.29) is 39.2 Å². The first-order valence-corrected chi connectivity index (χ1v) is 20.2. The van der Waals surface area contributed by atoms with Crippen molar-refractivity contribution in [1.29, 1.82) is 0 Å². The van der Waals surface area contributed by atoms with Crippen LogP contribution in [0.1, 0.15) is 43.5 Å². The molecule has 4 aromatic rings. The summed E-state index contributed by atoms with van der Waals surface area (Å²) in [4.78, 5) is 66.5. The van der Waals surface area contributed by atoms with Gasteiger partial charge in [0.1, 0.15) is 38.5 Å². The van der Waals surface area contributed by atoms with E-state index < -0.39 is 46.5 Å². The summed E-state index contributed by atoms with van der Waals surface area (Å²) in [6, 6.07) is 12.9. The number of hydrogen-bond acceptors (Lipinski definition) is 12. The lowest BCUT2D eigenvalue weighted by molar-refractivity contribution is -0.663. The van der Waals surface area contributed by atoms with Gasteiger partial charge in [-0.3, -0.25) is 19.5 Å². The lowest BCUT2D eigenvalue weighted by atomic mass is 10.0. The van der Waals surface area contributed by atoms with E-state index in [1.54, 1.807) is 0 Å². The van der Waals surface area contributed by atoms with Crippen molar-refractivity contribution >= 4 is 86.2 Å². The molecule has 3 atom stereocenters. The van der Waals surface area contributed by atoms with Crippen molar-refractivity contribution in [2.24, 2.45) is 15.9 Å². The number of aliphatic imine (C=N–C) groups is 1. The van der Waals surface area contributed by atoms with Crippen LogP contribution in [-0.2, 0) is 37.1 Å². The van der Waals surface area contributed by atoms with Gasteiger partial charge in [0.25, 0.3) is 11.8 Å². The average Bonchev–Trinajstić information content (AvgIpc) is 3.75. The molecular formula is C37H40ClN10O7S2+. The summed E-state index contributed by atoms with van der Waals surface area (Å²) in [5.41, 5.74) is 13.7. The second kappa shape index (κ2) is 16.2. The first-order valence-electron chi connectivity index (χ1n) is 17.9. The van der Waals surface area contributed by atoms with Crippen LogP contribution in [0.15, 0.2) is 76.3 Å². The number of amides is 2. The van der Waals surface area contributed by atoms with Crippen molar-refractivity contribution < 1.29 is 38.8 Å². The maximum atomic E-state index is 13.6. The summed E-state index contributed by atoms with van der Waals surface area (Å²) in [6.07, 6.45) is 5.94. The fourth-order valence-corrected chi connectivity index (χ4v) is 9.02. The summed E-state index contributed by atoms with van der Waals surface area (Å²) in [5.74, 6) is -3.43. The topological polar surface area (TPSA) is 244 Å². The number of thioether (sulfide) groups is 1. The molecule has 3 aromatic heterocycles. The number of thiazole rings is 1. The first kappa shape index (κ1) is 39.7. The Kier molecular flexibility index (Phi) is 11.3. The van der Waals surface area contributed by atoms with E-state index >= 15 is 0 Å². The fourth-order valence-electron chi connectivity index (χ4n) is 6.76. The zero-order chi connectivity index (χ0) is 40.6. The molecule has 6 heterocycles. The number of nitrogens with two attached hydrogens (primary N) is 2. The number of carbonyl (C=O) groups excluding carboxylic acids is 2. The number of aromatic nitrogens is 3. The summed E-state index contributed by atoms with van der Waals surface area (Å²) < 4.78 is 4.04. The largest absolute Gasteiger partial charge is 0.478 e. The number of pyridine rings is 1. The number of nitrogens with one attached hydrogen (secondary N) is 2. The highest BCUT2D eigenvalue weighted by Gasteiger charge is 2.55. The number of nitrogen functional groups attached to an aromatic ring is 1. The van der Waals surface area contributed by atoms with Crippen LogP contribution in [0, 0.1) is 0 Å². The van der Waals surface area contributed by atoms with E-state index in [2.05, 4.69) is 25.3 Å². The smallest absolute Gasteiger partial charge is 0.352 e. The van der Waals surface area contributed by atoms with E-state index in [0.717, 1.165) is 59.4 Å². The third kappa shape index (κ3) is 8.18. The van der Waals surface area contributed by atoms with E-state index in [1.165, 1.54) is 30.5 Å². The Labute approximate surface area is 339 Å². The van der Waals surface area contributed by atoms with Crippen molar-refractivity contribution in [3.63, 3.8) is 0 Å². The number of oxime groups is 1. The Balaban J connectivity index is 1.07. The molecule has 0 radical (unpaired) electrons. The summed E-state index contributed by atoms with van der Waals surface area (Å²) >= 11 is 8.41. The van der Waals surface area contributed by atoms with Gasteiger partial charge in [0.05, 0.1) is 6.04 Å². The van der Waals surface area contributed by atoms with E-state index in [1.807, 2.05) is 59.4 Å². The number of carboxylic acid groups (broad SMARTS) is 2. The van der Waals surface area contributed by atoms with Crippen molar-refractivity contribution in [3.8, 4) is 0 Å². The van der Waals surface area contributed by atoms with Gasteiger partial charge >= 0.3 is 11.9 Å². The predicted octanol–water partition coefficient (Wildman–Crippen LogP) is 2.15. The SMILES string of the molecule is CC(C)(O/N=C(\C(=O)N[C@@H]1C(=O)N2C(C(=O)O)=C(C[n+]3cccc4c3ccn4Cc3ccc(C(N)=NC4CCCNC4)cc3)CS[C@H]12)c1nc(N)sc1Cl)C(=O)O. The van der Waals surface area contributed by atoms with Crippen LogP contribution < -0.4 is 26.7 Å². The Morgan fingerprint density at radius 3 is 2.63 bits per heavy atom. The molecule has 1 aromatic carbocycles. The predicted molar refractivity (Wildman–Crippen MR) is 215 cm³/mol. The van der Waals surface area contributed by atoms with Gasteiger partial charge in [-0.2, -0.15) is 4.57 Å². The number of fused-ring (bicyclic) bond motifs is 2. The van der Waals surface area contributed by atoms with E-state index in [0.29, 0.717) is 18.0 Å². The molecule has 2 saturated heterocycles. The molecule has 0 aliphatic carbocycles. The number of benzene rings is 1. The van der Waals surface area contributed by atoms with Gasteiger partial charge in [-0.05, 0) is 44.9 Å². The van der Waals surface area contributed by atoms with Crippen molar-refractivity contribution in [1.82, 2.24) is 25.1 Å². The van der Waals surface area contributed by atoms with Crippen molar-refractivity contribution in [3.05, 3.63) is 87.3 Å². The van der Waals surface area contributed by atoms with Gasteiger partial charge in [-0.15, -0.1) is 11.8 Å². The molecule has 0 spiro atoms. The second-order valence-corrected chi connectivity index (χ2v) is 16.9. The van der Waals surface area contributed by atoms with Crippen LogP contribution in [0.25, 0.3) is 11.0 Å². The Morgan fingerprint density at radius 2 is 1.96 bits per heavy atom. The molecule has 20 heteroatoms. The number of rotatable bonds is 13. The molecule has 298 valence electrons. The van der Waals surface area contributed by atoms with Crippen LogP contribution >= 0.6 is 34.7 Å². The van der Waals surface area contributed by atoms with E-state index in [4.69, 9.17) is 32.9 Å². The lowest BCUT2D eigenvalue weighted by Gasteiger charge is -2.49. The molecule has 1 unspecified atom stereocenters. The second-order valence-electron chi connectivity index (χ2n) is 14.2. The monoisotopic (exact) mass is 835 g/mol. The van der Waals surface area contributed by atoms with Crippen LogP contribution in [-0.4, -0.2) is 102 Å². The Morgan fingerprint density at radius 1 is 1.19 bits per heavy atom. The van der Waals surface area contributed by atoms with Crippen LogP contribution in [0.5, 0.6) is 0 Å². The summed E-state index contributed by atoms with van der Waals surface area (Å²) in [7, 11) is 0. The van der Waals surface area contributed by atoms with Gasteiger partial charge in [0.15, 0.2) is 23.6 Å². The maximum absolute atomic E-state index is 13.6. The van der Waals surface area contributed by atoms with Crippen LogP contribution in [0.2, 0.25) is 4.34 Å². The first-order chi connectivity index (χ1) is 27.2. The van der Waals surface area contributed by atoms with Gasteiger partial charge in [-0.1, -0.05) is 52.4 Å². The number of β-lactam (4-membered cyclic amide) rings is 1. The van der Waals surface area contributed by atoms with Crippen molar-refractivity contribution in [2.75, 3.05) is 24.6 Å². The van der Waals surface area contributed by atoms with Crippen LogP contribution in [0.3, 0.4) is 0 Å². The third-order valence-corrected chi connectivity index (χ3v) is 12.3. The number of carboxylic acids is 2. The Hall–Kier alpha value is -5.50. The normalized spacial score (nSPS) is 20.3. The molecule has 7 rings (SSSR count).